The molecule has 3 aliphatic heterocycles. The van der Waals surface area contributed by atoms with Gasteiger partial charge in [-0.1, -0.05) is 57.8 Å². The van der Waals surface area contributed by atoms with Gasteiger partial charge in [0.25, 0.3) is 16.7 Å². The number of aromatic nitrogens is 12. The Labute approximate surface area is 573 Å². The lowest BCUT2D eigenvalue weighted by Gasteiger charge is -2.33. The molecule has 9 heterocycles. The second-order valence-corrected chi connectivity index (χ2v) is 27.8. The van der Waals surface area contributed by atoms with Gasteiger partial charge in [-0.15, -0.1) is 0 Å². The second kappa shape index (κ2) is 30.7. The molecular weight excluding hydrogens is 1240 g/mol. The summed E-state index contributed by atoms with van der Waals surface area (Å²) < 4.78 is 22.9. The monoisotopic (exact) mass is 1340 g/mol. The number of hydrogen-bond acceptors (Lipinski definition) is 18. The minimum Gasteiger partial charge on any atom is -0.496 e. The Kier molecular flexibility index (Phi) is 21.3. The highest BCUT2D eigenvalue weighted by molar-refractivity contribution is 5.83. The van der Waals surface area contributed by atoms with Crippen molar-refractivity contribution in [3.8, 4) is 51.4 Å². The van der Waals surface area contributed by atoms with Crippen molar-refractivity contribution in [1.29, 1.82) is 0 Å². The van der Waals surface area contributed by atoms with E-state index in [1.54, 1.807) is 21.3 Å². The fourth-order valence-corrected chi connectivity index (χ4v) is 15.8. The number of piperidine rings is 2. The van der Waals surface area contributed by atoms with Gasteiger partial charge >= 0.3 is 0 Å². The van der Waals surface area contributed by atoms with E-state index in [4.69, 9.17) is 44.5 Å². The Morgan fingerprint density at radius 1 is 0.439 bits per heavy atom. The Bertz CT molecular complexity index is 4410. The normalized spacial score (nSPS) is 18.3. The third kappa shape index (κ3) is 14.6. The zero-order valence-electron chi connectivity index (χ0n) is 58.7. The topological polar surface area (TPSA) is 264 Å². The van der Waals surface area contributed by atoms with Crippen molar-refractivity contribution in [3.05, 3.63) is 103 Å². The van der Waals surface area contributed by atoms with Crippen LogP contribution in [-0.2, 0) is 0 Å². The van der Waals surface area contributed by atoms with Crippen LogP contribution in [0.5, 0.6) is 17.2 Å². The molecule has 0 amide bonds. The lowest BCUT2D eigenvalue weighted by atomic mass is 9.95. The summed E-state index contributed by atoms with van der Waals surface area (Å²) in [6.45, 7) is 14.0. The molecule has 3 saturated carbocycles. The molecule has 24 nitrogen and oxygen atoms in total. The van der Waals surface area contributed by atoms with Crippen LogP contribution in [0.2, 0.25) is 0 Å². The summed E-state index contributed by atoms with van der Waals surface area (Å²) >= 11 is 0. The van der Waals surface area contributed by atoms with E-state index in [2.05, 4.69) is 70.8 Å². The number of anilines is 3. The van der Waals surface area contributed by atoms with E-state index in [9.17, 15) is 14.4 Å². The molecule has 0 atom stereocenters. The Hall–Kier alpha value is -8.61. The van der Waals surface area contributed by atoms with Gasteiger partial charge < -0.3 is 59.8 Å². The van der Waals surface area contributed by atoms with Gasteiger partial charge in [0.1, 0.15) is 51.3 Å². The standard InChI is InChI=1S/2C25H34N6O2.C24H32N6O2/c1-16-22-23(31(29-16)19-7-5-4-6-8-19)25(32)28-24(27-22)20-10-9-18(15-21(20)33-3)26-17-11-13-30(2)14-12-17;1-16-22-23(31(29-16)18-7-5-4-6-8-18)25(32)28-24(27-22)20-10-9-19(15-21(20)33-3)30-13-11-17(26-2)12-14-30;1-16-21-22(30(28-16)17-7-4-3-5-8-17)24(31)27-23(26-21)19-10-9-18(15-20(19)32-2)29-13-6-11-25-12-14-29/h9-10,15,17,19,26H,4-8,11-14H2,1-3H3,(H,27,28,32);9-10,15,17-18,26H,4-8,11-14H2,1-3H3,(H,27,28,32);9-10,15,17,25H,3-8,11-14H2,1-2H3,(H,26,27,31). The molecule has 0 radical (unpaired) electrons. The molecule has 3 aliphatic carbocycles. The number of fused-ring (bicyclic) bond motifs is 3. The summed E-state index contributed by atoms with van der Waals surface area (Å²) in [5.74, 6) is 3.67. The molecule has 3 aromatic carbocycles. The van der Waals surface area contributed by atoms with E-state index in [1.807, 2.05) is 78.3 Å². The number of H-pyrrole nitrogens is 3. The molecule has 0 bridgehead atoms. The maximum absolute atomic E-state index is 13.2. The van der Waals surface area contributed by atoms with E-state index < -0.39 is 0 Å². The first-order valence-corrected chi connectivity index (χ1v) is 36.1. The van der Waals surface area contributed by atoms with Gasteiger partial charge in [0.2, 0.25) is 0 Å². The zero-order chi connectivity index (χ0) is 68.0. The molecule has 6 aliphatic rings. The van der Waals surface area contributed by atoms with Gasteiger partial charge in [-0.2, -0.15) is 15.3 Å². The molecule has 9 aromatic rings. The van der Waals surface area contributed by atoms with E-state index >= 15 is 0 Å². The molecule has 0 spiro atoms. The Morgan fingerprint density at radius 2 is 0.827 bits per heavy atom. The van der Waals surface area contributed by atoms with Crippen molar-refractivity contribution in [1.82, 2.24) is 74.8 Å². The number of nitrogens with one attached hydrogen (secondary N) is 6. The number of hydrogen-bond donors (Lipinski definition) is 6. The van der Waals surface area contributed by atoms with Crippen LogP contribution in [0.25, 0.3) is 67.3 Å². The zero-order valence-corrected chi connectivity index (χ0v) is 58.7. The van der Waals surface area contributed by atoms with Crippen molar-refractivity contribution < 1.29 is 14.2 Å². The van der Waals surface area contributed by atoms with Gasteiger partial charge in [0, 0.05) is 80.1 Å². The lowest BCUT2D eigenvalue weighted by molar-refractivity contribution is 0.264. The molecule has 6 N–H and O–H groups in total. The number of methoxy groups -OCH3 is 3. The maximum atomic E-state index is 13.2. The molecule has 3 saturated heterocycles. The molecule has 98 heavy (non-hydrogen) atoms. The summed E-state index contributed by atoms with van der Waals surface area (Å²) in [5, 5.41) is 24.6. The van der Waals surface area contributed by atoms with Crippen LogP contribution in [0.15, 0.2) is 69.0 Å². The molecule has 6 aromatic heterocycles. The quantitative estimate of drug-likeness (QED) is 0.0591. The lowest BCUT2D eigenvalue weighted by Crippen LogP contribution is -2.41. The van der Waals surface area contributed by atoms with Crippen LogP contribution in [-0.4, -0.2) is 164 Å². The van der Waals surface area contributed by atoms with E-state index in [1.165, 1.54) is 57.8 Å². The largest absolute Gasteiger partial charge is 0.496 e. The first-order valence-electron chi connectivity index (χ1n) is 36.1. The number of ether oxygens (including phenoxy) is 3. The number of likely N-dealkylation sites (tertiary alicyclic amines) is 1. The molecule has 522 valence electrons. The Morgan fingerprint density at radius 3 is 1.23 bits per heavy atom. The van der Waals surface area contributed by atoms with Gasteiger partial charge in [0.05, 0.1) is 73.2 Å². The third-order valence-electron chi connectivity index (χ3n) is 21.3. The predicted molar refractivity (Wildman–Crippen MR) is 389 cm³/mol. The average Bonchev–Trinajstić information content (AvgIpc) is 1.52. The van der Waals surface area contributed by atoms with Crippen LogP contribution in [0.3, 0.4) is 0 Å². The summed E-state index contributed by atoms with van der Waals surface area (Å²) in [7, 11) is 9.18. The van der Waals surface area contributed by atoms with Crippen LogP contribution in [0, 0.1) is 20.8 Å². The number of benzene rings is 3. The second-order valence-electron chi connectivity index (χ2n) is 27.8. The van der Waals surface area contributed by atoms with Crippen LogP contribution < -0.4 is 56.6 Å². The Balaban J connectivity index is 0.000000132. The number of rotatable bonds is 14. The summed E-state index contributed by atoms with van der Waals surface area (Å²) in [6.07, 6.45) is 22.9. The van der Waals surface area contributed by atoms with Gasteiger partial charge in [-0.05, 0) is 162 Å². The number of nitrogens with zero attached hydrogens (tertiary/aromatic N) is 12. The third-order valence-corrected chi connectivity index (χ3v) is 21.3. The molecule has 24 heteroatoms. The highest BCUT2D eigenvalue weighted by Crippen LogP contribution is 2.39. The van der Waals surface area contributed by atoms with E-state index in [0.29, 0.717) is 79.9 Å². The first kappa shape index (κ1) is 67.9. The van der Waals surface area contributed by atoms with Crippen molar-refractivity contribution >= 4 is 50.2 Å². The SMILES string of the molecule is CNC1CCN(c2ccc(-c3nc4c(C)nn(C5CCCCC5)c4c(=O)[nH]3)c(OC)c2)CC1.COc1cc(N2CCCNCC2)ccc1-c1nc2c(C)nn(C3CCCCC3)c2c(=O)[nH]1.COc1cc(NC2CCN(C)CC2)ccc1-c1nc2c(C)nn(C3CCCCC3)c2c(=O)[nH]1. The molecule has 15 rings (SSSR count). The smallest absolute Gasteiger partial charge is 0.277 e. The van der Waals surface area contributed by atoms with E-state index in [-0.39, 0.29) is 34.8 Å². The maximum Gasteiger partial charge on any atom is 0.277 e. The molecule has 6 fully saturated rings. The minimum absolute atomic E-state index is 0.138. The molecular formula is C74H100N18O6. The highest BCUT2D eigenvalue weighted by atomic mass is 16.5. The number of aryl methyl sites for hydroxylation is 3. The predicted octanol–water partition coefficient (Wildman–Crippen LogP) is 11.3. The first-order chi connectivity index (χ1) is 47.8. The number of aromatic amines is 3. The fourth-order valence-electron chi connectivity index (χ4n) is 15.8. The van der Waals surface area contributed by atoms with Crippen LogP contribution >= 0.6 is 0 Å². The van der Waals surface area contributed by atoms with Crippen LogP contribution in [0.4, 0.5) is 17.1 Å². The van der Waals surface area contributed by atoms with Crippen molar-refractivity contribution in [2.24, 2.45) is 0 Å². The molecule has 0 unspecified atom stereocenters. The van der Waals surface area contributed by atoms with Crippen molar-refractivity contribution in [2.75, 3.05) is 103 Å². The highest BCUT2D eigenvalue weighted by Gasteiger charge is 2.29. The van der Waals surface area contributed by atoms with E-state index in [0.717, 1.165) is 174 Å². The fraction of sp³-hybridized carbons (Fsp3) is 0.554. The minimum atomic E-state index is -0.142. The van der Waals surface area contributed by atoms with Crippen molar-refractivity contribution in [3.63, 3.8) is 0 Å². The van der Waals surface area contributed by atoms with Crippen LogP contribution in [0.1, 0.15) is 164 Å². The van der Waals surface area contributed by atoms with Gasteiger partial charge in [-0.25, -0.2) is 15.0 Å². The summed E-state index contributed by atoms with van der Waals surface area (Å²) in [4.78, 5) is 70.3. The summed E-state index contributed by atoms with van der Waals surface area (Å²) in [5.41, 5.74) is 11.4. The average molecular weight is 1340 g/mol. The van der Waals surface area contributed by atoms with Gasteiger partial charge in [0.15, 0.2) is 16.6 Å². The van der Waals surface area contributed by atoms with Crippen molar-refractivity contribution in [2.45, 2.75) is 179 Å². The summed E-state index contributed by atoms with van der Waals surface area (Å²) in [6, 6.07) is 20.2. The van der Waals surface area contributed by atoms with Gasteiger partial charge in [-0.3, -0.25) is 28.4 Å².